The van der Waals surface area contributed by atoms with E-state index in [4.69, 9.17) is 4.74 Å². The van der Waals surface area contributed by atoms with Gasteiger partial charge in [-0.1, -0.05) is 23.8 Å². The highest BCUT2D eigenvalue weighted by Gasteiger charge is 2.30. The monoisotopic (exact) mass is 252 g/mol. The van der Waals surface area contributed by atoms with Crippen LogP contribution in [0.2, 0.25) is 0 Å². The second-order valence-electron chi connectivity index (χ2n) is 3.94. The molecule has 0 fully saturated rings. The summed E-state index contributed by atoms with van der Waals surface area (Å²) in [5.41, 5.74) is 0.346. The molecule has 0 saturated heterocycles. The Morgan fingerprint density at radius 2 is 1.56 bits per heavy atom. The normalized spacial score (nSPS) is 11.3. The molecule has 0 aliphatic carbocycles. The van der Waals surface area contributed by atoms with Crippen LogP contribution < -0.4 is 4.74 Å². The van der Waals surface area contributed by atoms with Crippen LogP contribution in [-0.2, 0) is 6.18 Å². The van der Waals surface area contributed by atoms with E-state index in [0.717, 1.165) is 17.7 Å². The van der Waals surface area contributed by atoms with Crippen molar-refractivity contribution in [3.63, 3.8) is 0 Å². The maximum absolute atomic E-state index is 12.5. The molecule has 0 heterocycles. The highest BCUT2D eigenvalue weighted by molar-refractivity contribution is 5.35. The first-order valence-electron chi connectivity index (χ1n) is 5.37. The lowest BCUT2D eigenvalue weighted by Crippen LogP contribution is -2.04. The smallest absolute Gasteiger partial charge is 0.416 e. The molecule has 2 aromatic carbocycles. The van der Waals surface area contributed by atoms with Crippen molar-refractivity contribution in [2.45, 2.75) is 13.1 Å². The third-order valence-corrected chi connectivity index (χ3v) is 2.42. The van der Waals surface area contributed by atoms with Gasteiger partial charge in [-0.15, -0.1) is 0 Å². The van der Waals surface area contributed by atoms with E-state index >= 15 is 0 Å². The van der Waals surface area contributed by atoms with Gasteiger partial charge in [0.25, 0.3) is 0 Å². The zero-order valence-corrected chi connectivity index (χ0v) is 9.66. The van der Waals surface area contributed by atoms with E-state index in [9.17, 15) is 13.2 Å². The fourth-order valence-electron chi connectivity index (χ4n) is 1.48. The molecular weight excluding hydrogens is 241 g/mol. The van der Waals surface area contributed by atoms with Gasteiger partial charge in [-0.2, -0.15) is 13.2 Å². The van der Waals surface area contributed by atoms with Crippen LogP contribution in [0.3, 0.4) is 0 Å². The Morgan fingerprint density at radius 3 is 2.17 bits per heavy atom. The molecule has 0 aromatic heterocycles. The Kier molecular flexibility index (Phi) is 3.28. The lowest BCUT2D eigenvalue weighted by Gasteiger charge is -2.10. The Labute approximate surface area is 103 Å². The van der Waals surface area contributed by atoms with Crippen LogP contribution in [0.15, 0.2) is 48.5 Å². The zero-order chi connectivity index (χ0) is 13.2. The van der Waals surface area contributed by atoms with E-state index in [1.54, 1.807) is 12.1 Å². The first-order valence-corrected chi connectivity index (χ1v) is 5.37. The molecule has 2 aromatic rings. The van der Waals surface area contributed by atoms with E-state index in [2.05, 4.69) is 0 Å². The van der Waals surface area contributed by atoms with Crippen molar-refractivity contribution in [1.82, 2.24) is 0 Å². The van der Waals surface area contributed by atoms with Gasteiger partial charge < -0.3 is 4.74 Å². The van der Waals surface area contributed by atoms with E-state index < -0.39 is 11.7 Å². The molecule has 0 saturated carbocycles. The quantitative estimate of drug-likeness (QED) is 0.745. The Bertz CT molecular complexity index is 529. The lowest BCUT2D eigenvalue weighted by atomic mass is 10.2. The molecule has 0 aliphatic rings. The number of halogens is 3. The summed E-state index contributed by atoms with van der Waals surface area (Å²) in [5, 5.41) is 0. The molecule has 0 atom stereocenters. The molecule has 18 heavy (non-hydrogen) atoms. The van der Waals surface area contributed by atoms with Crippen molar-refractivity contribution in [2.24, 2.45) is 0 Å². The SMILES string of the molecule is Cc1ccc(Oc2cccc(C(F)(F)F)c2)cc1. The van der Waals surface area contributed by atoms with Crippen molar-refractivity contribution in [3.8, 4) is 11.5 Å². The van der Waals surface area contributed by atoms with Gasteiger partial charge in [0.1, 0.15) is 11.5 Å². The topological polar surface area (TPSA) is 9.23 Å². The zero-order valence-electron chi connectivity index (χ0n) is 9.66. The van der Waals surface area contributed by atoms with Crippen molar-refractivity contribution in [2.75, 3.05) is 0 Å². The highest BCUT2D eigenvalue weighted by Crippen LogP contribution is 2.32. The molecule has 2 rings (SSSR count). The summed E-state index contributed by atoms with van der Waals surface area (Å²) in [7, 11) is 0. The molecule has 0 aliphatic heterocycles. The van der Waals surface area contributed by atoms with Gasteiger partial charge in [0, 0.05) is 0 Å². The van der Waals surface area contributed by atoms with Crippen LogP contribution in [0.4, 0.5) is 13.2 Å². The molecule has 4 heteroatoms. The van der Waals surface area contributed by atoms with Gasteiger partial charge in [-0.3, -0.25) is 0 Å². The average molecular weight is 252 g/mol. The van der Waals surface area contributed by atoms with E-state index in [0.29, 0.717) is 5.75 Å². The van der Waals surface area contributed by atoms with Gasteiger partial charge in [-0.05, 0) is 37.3 Å². The first-order chi connectivity index (χ1) is 8.45. The maximum Gasteiger partial charge on any atom is 0.416 e. The van der Waals surface area contributed by atoms with Crippen molar-refractivity contribution >= 4 is 0 Å². The molecule has 0 N–H and O–H groups in total. The van der Waals surface area contributed by atoms with Crippen LogP contribution in [0.25, 0.3) is 0 Å². The largest absolute Gasteiger partial charge is 0.457 e. The Balaban J connectivity index is 2.22. The van der Waals surface area contributed by atoms with E-state index in [1.807, 2.05) is 19.1 Å². The number of hydrogen-bond acceptors (Lipinski definition) is 1. The molecule has 0 amide bonds. The average Bonchev–Trinajstić information content (AvgIpc) is 2.31. The summed E-state index contributed by atoms with van der Waals surface area (Å²) in [6, 6.07) is 11.9. The van der Waals surface area contributed by atoms with Gasteiger partial charge in [0.2, 0.25) is 0 Å². The molecule has 1 nitrogen and oxygen atoms in total. The minimum atomic E-state index is -4.35. The fourth-order valence-corrected chi connectivity index (χ4v) is 1.48. The number of aryl methyl sites for hydroxylation is 1. The van der Waals surface area contributed by atoms with Crippen LogP contribution in [0.1, 0.15) is 11.1 Å². The Hall–Kier alpha value is -1.97. The summed E-state index contributed by atoms with van der Waals surface area (Å²) in [6.07, 6.45) is -4.35. The van der Waals surface area contributed by atoms with Crippen molar-refractivity contribution in [3.05, 3.63) is 59.7 Å². The lowest BCUT2D eigenvalue weighted by molar-refractivity contribution is -0.137. The first kappa shape index (κ1) is 12.5. The van der Waals surface area contributed by atoms with Crippen molar-refractivity contribution < 1.29 is 17.9 Å². The molecular formula is C14H11F3O. The van der Waals surface area contributed by atoms with Gasteiger partial charge >= 0.3 is 6.18 Å². The van der Waals surface area contributed by atoms with Gasteiger partial charge in [0.05, 0.1) is 5.56 Å². The predicted octanol–water partition coefficient (Wildman–Crippen LogP) is 4.81. The third kappa shape index (κ3) is 3.03. The standard InChI is InChI=1S/C14H11F3O/c1-10-5-7-12(8-6-10)18-13-4-2-3-11(9-13)14(15,16)17/h2-9H,1H3. The molecule has 0 bridgehead atoms. The summed E-state index contributed by atoms with van der Waals surface area (Å²) in [5.74, 6) is 0.689. The Morgan fingerprint density at radius 1 is 0.889 bits per heavy atom. The van der Waals surface area contributed by atoms with Crippen LogP contribution in [-0.4, -0.2) is 0 Å². The summed E-state index contributed by atoms with van der Waals surface area (Å²) < 4.78 is 42.9. The second-order valence-corrected chi connectivity index (χ2v) is 3.94. The second kappa shape index (κ2) is 4.72. The number of ether oxygens (including phenoxy) is 1. The van der Waals surface area contributed by atoms with Crippen LogP contribution >= 0.6 is 0 Å². The van der Waals surface area contributed by atoms with E-state index in [-0.39, 0.29) is 5.75 Å². The van der Waals surface area contributed by atoms with Gasteiger partial charge in [-0.25, -0.2) is 0 Å². The number of hydrogen-bond donors (Lipinski definition) is 0. The number of benzene rings is 2. The minimum absolute atomic E-state index is 0.175. The number of rotatable bonds is 2. The molecule has 0 unspecified atom stereocenters. The van der Waals surface area contributed by atoms with Crippen LogP contribution in [0, 0.1) is 6.92 Å². The predicted molar refractivity (Wildman–Crippen MR) is 62.7 cm³/mol. The van der Waals surface area contributed by atoms with E-state index in [1.165, 1.54) is 12.1 Å². The van der Waals surface area contributed by atoms with Gasteiger partial charge in [0.15, 0.2) is 0 Å². The maximum atomic E-state index is 12.5. The summed E-state index contributed by atoms with van der Waals surface area (Å²) in [4.78, 5) is 0. The summed E-state index contributed by atoms with van der Waals surface area (Å²) >= 11 is 0. The highest BCUT2D eigenvalue weighted by atomic mass is 19.4. The minimum Gasteiger partial charge on any atom is -0.457 e. The molecule has 0 spiro atoms. The fraction of sp³-hybridized carbons (Fsp3) is 0.143. The number of alkyl halides is 3. The summed E-state index contributed by atoms with van der Waals surface area (Å²) in [6.45, 7) is 1.92. The van der Waals surface area contributed by atoms with Crippen LogP contribution in [0.5, 0.6) is 11.5 Å². The molecule has 94 valence electrons. The molecule has 0 radical (unpaired) electrons. The van der Waals surface area contributed by atoms with Crippen molar-refractivity contribution in [1.29, 1.82) is 0 Å². The third-order valence-electron chi connectivity index (χ3n) is 2.42.